The van der Waals surface area contributed by atoms with Gasteiger partial charge in [-0.3, -0.25) is 19.6 Å². The second-order valence-electron chi connectivity index (χ2n) is 8.88. The molecule has 2 aliphatic rings. The van der Waals surface area contributed by atoms with E-state index in [4.69, 9.17) is 27.9 Å². The van der Waals surface area contributed by atoms with Crippen LogP contribution in [0, 0.1) is 0 Å². The van der Waals surface area contributed by atoms with E-state index in [1.807, 2.05) is 20.8 Å². The number of fused-ring (bicyclic) bond motifs is 4. The molecule has 0 bridgehead atoms. The Morgan fingerprint density at radius 3 is 2.44 bits per heavy atom. The van der Waals surface area contributed by atoms with Gasteiger partial charge in [0.2, 0.25) is 0 Å². The molecule has 9 heteroatoms. The number of carbonyl (C=O) groups is 2. The van der Waals surface area contributed by atoms with Gasteiger partial charge in [0.1, 0.15) is 5.75 Å². The van der Waals surface area contributed by atoms with Crippen molar-refractivity contribution in [1.29, 1.82) is 0 Å². The van der Waals surface area contributed by atoms with E-state index in [1.54, 1.807) is 36.4 Å². The summed E-state index contributed by atoms with van der Waals surface area (Å²) in [5.41, 5.74) is 1.01. The Labute approximate surface area is 194 Å². The molecule has 0 saturated carbocycles. The van der Waals surface area contributed by atoms with Crippen molar-refractivity contribution in [1.82, 2.24) is 10.2 Å². The summed E-state index contributed by atoms with van der Waals surface area (Å²) in [5.74, 6) is -0.398. The van der Waals surface area contributed by atoms with E-state index in [0.717, 1.165) is 0 Å². The smallest absolute Gasteiger partial charge is 0.280 e. The summed E-state index contributed by atoms with van der Waals surface area (Å²) in [6.45, 7) is 5.99. The number of ether oxygens (including phenoxy) is 1. The van der Waals surface area contributed by atoms with Crippen LogP contribution in [0.4, 0.5) is 11.4 Å². The molecule has 0 saturated heterocycles. The molecule has 0 fully saturated rings. The standard InChI is InChI=1S/C23H20Cl2N4O3/c1-22(2,3)19-17-18(27-28-19)20(30)29(15-10-12(25)6-8-16(15)32-4)23(17)13-7-5-11(24)9-14(13)26-21(23)31/h5-10H,1-4H3,(H,26,31)(H,27,28). The van der Waals surface area contributed by atoms with E-state index in [2.05, 4.69) is 15.5 Å². The van der Waals surface area contributed by atoms with E-state index in [1.165, 1.54) is 12.0 Å². The number of rotatable bonds is 2. The minimum atomic E-state index is -1.50. The topological polar surface area (TPSA) is 87.3 Å². The number of nitrogens with zero attached hydrogens (tertiary/aromatic N) is 2. The van der Waals surface area contributed by atoms with Gasteiger partial charge < -0.3 is 10.1 Å². The average Bonchev–Trinajstić information content (AvgIpc) is 3.34. The number of anilines is 2. The fourth-order valence-corrected chi connectivity index (χ4v) is 4.97. The summed E-state index contributed by atoms with van der Waals surface area (Å²) >= 11 is 12.5. The fourth-order valence-electron chi connectivity index (χ4n) is 4.63. The van der Waals surface area contributed by atoms with Gasteiger partial charge in [0.25, 0.3) is 11.8 Å². The monoisotopic (exact) mass is 470 g/mol. The van der Waals surface area contributed by atoms with Crippen LogP contribution < -0.4 is 15.0 Å². The maximum Gasteiger partial charge on any atom is 0.280 e. The molecule has 2 N–H and O–H groups in total. The van der Waals surface area contributed by atoms with Gasteiger partial charge in [-0.15, -0.1) is 0 Å². The molecule has 3 aromatic rings. The van der Waals surface area contributed by atoms with Gasteiger partial charge in [-0.25, -0.2) is 0 Å². The number of amides is 2. The van der Waals surface area contributed by atoms with Crippen molar-refractivity contribution in [3.8, 4) is 5.75 Å². The number of halogens is 2. The van der Waals surface area contributed by atoms with Crippen LogP contribution in [0.15, 0.2) is 36.4 Å². The molecule has 2 aliphatic heterocycles. The van der Waals surface area contributed by atoms with E-state index in [9.17, 15) is 9.59 Å². The molecule has 164 valence electrons. The number of hydrogen-bond donors (Lipinski definition) is 2. The predicted molar refractivity (Wildman–Crippen MR) is 123 cm³/mol. The molecule has 0 aliphatic carbocycles. The summed E-state index contributed by atoms with van der Waals surface area (Å²) in [5, 5.41) is 11.2. The van der Waals surface area contributed by atoms with Gasteiger partial charge in [0.15, 0.2) is 11.2 Å². The van der Waals surface area contributed by atoms with Crippen molar-refractivity contribution in [2.45, 2.75) is 31.7 Å². The lowest BCUT2D eigenvalue weighted by Gasteiger charge is -2.36. The fraction of sp³-hybridized carbons (Fsp3) is 0.261. The minimum absolute atomic E-state index is 0.190. The Morgan fingerprint density at radius 2 is 1.75 bits per heavy atom. The number of carbonyl (C=O) groups excluding carboxylic acids is 2. The van der Waals surface area contributed by atoms with Crippen molar-refractivity contribution in [2.24, 2.45) is 0 Å². The quantitative estimate of drug-likeness (QED) is 0.558. The molecule has 1 unspecified atom stereocenters. The number of benzene rings is 2. The molecule has 32 heavy (non-hydrogen) atoms. The molecule has 5 rings (SSSR count). The molecule has 2 amide bonds. The molecular weight excluding hydrogens is 451 g/mol. The highest BCUT2D eigenvalue weighted by Crippen LogP contribution is 2.56. The molecule has 3 heterocycles. The summed E-state index contributed by atoms with van der Waals surface area (Å²) in [6.07, 6.45) is 0. The first-order valence-electron chi connectivity index (χ1n) is 9.99. The first-order chi connectivity index (χ1) is 15.1. The molecule has 1 spiro atoms. The first kappa shape index (κ1) is 20.8. The maximum absolute atomic E-state index is 13.9. The van der Waals surface area contributed by atoms with Crippen LogP contribution in [0.5, 0.6) is 5.75 Å². The molecule has 2 aromatic carbocycles. The van der Waals surface area contributed by atoms with Crippen molar-refractivity contribution in [3.63, 3.8) is 0 Å². The van der Waals surface area contributed by atoms with E-state index in [-0.39, 0.29) is 11.6 Å². The van der Waals surface area contributed by atoms with Crippen molar-refractivity contribution in [2.75, 3.05) is 17.3 Å². The second-order valence-corrected chi connectivity index (χ2v) is 9.76. The van der Waals surface area contributed by atoms with Crippen LogP contribution in [0.25, 0.3) is 0 Å². The Balaban J connectivity index is 1.92. The van der Waals surface area contributed by atoms with Crippen LogP contribution in [-0.4, -0.2) is 29.1 Å². The Morgan fingerprint density at radius 1 is 1.06 bits per heavy atom. The van der Waals surface area contributed by atoms with Crippen LogP contribution in [0.3, 0.4) is 0 Å². The zero-order chi connectivity index (χ0) is 23.0. The summed E-state index contributed by atoms with van der Waals surface area (Å²) in [6, 6.07) is 10.1. The number of hydrogen-bond acceptors (Lipinski definition) is 4. The maximum atomic E-state index is 13.9. The third kappa shape index (κ3) is 2.58. The SMILES string of the molecule is COc1ccc(Cl)cc1N1C(=O)c2n[nH]c(C(C)(C)C)c2C12C(=O)Nc1cc(Cl)ccc12. The highest BCUT2D eigenvalue weighted by Gasteiger charge is 2.64. The second kappa shape index (κ2) is 6.73. The predicted octanol–water partition coefficient (Wildman–Crippen LogP) is 4.88. The van der Waals surface area contributed by atoms with Crippen LogP contribution in [-0.2, 0) is 15.7 Å². The Kier molecular flexibility index (Phi) is 4.39. The lowest BCUT2D eigenvalue weighted by molar-refractivity contribution is -0.119. The third-order valence-corrected chi connectivity index (χ3v) is 6.42. The number of H-pyrrole nitrogens is 1. The summed E-state index contributed by atoms with van der Waals surface area (Å²) < 4.78 is 5.55. The van der Waals surface area contributed by atoms with Gasteiger partial charge in [0.05, 0.1) is 12.8 Å². The highest BCUT2D eigenvalue weighted by atomic mass is 35.5. The van der Waals surface area contributed by atoms with Crippen LogP contribution in [0.2, 0.25) is 10.0 Å². The molecule has 1 atom stereocenters. The third-order valence-electron chi connectivity index (χ3n) is 5.95. The number of nitrogens with one attached hydrogen (secondary N) is 2. The zero-order valence-corrected chi connectivity index (χ0v) is 19.4. The molecule has 1 aromatic heterocycles. The van der Waals surface area contributed by atoms with Gasteiger partial charge in [-0.1, -0.05) is 50.0 Å². The zero-order valence-electron chi connectivity index (χ0n) is 17.8. The number of methoxy groups -OCH3 is 1. The van der Waals surface area contributed by atoms with E-state index < -0.39 is 16.9 Å². The Bertz CT molecular complexity index is 1310. The lowest BCUT2D eigenvalue weighted by atomic mass is 9.78. The van der Waals surface area contributed by atoms with Gasteiger partial charge in [0, 0.05) is 38.0 Å². The summed E-state index contributed by atoms with van der Waals surface area (Å²) in [7, 11) is 1.50. The molecule has 7 nitrogen and oxygen atoms in total. The van der Waals surface area contributed by atoms with Crippen molar-refractivity contribution >= 4 is 46.4 Å². The van der Waals surface area contributed by atoms with Crippen molar-refractivity contribution in [3.05, 3.63) is 69.0 Å². The summed E-state index contributed by atoms with van der Waals surface area (Å²) in [4.78, 5) is 29.1. The van der Waals surface area contributed by atoms with E-state index in [0.29, 0.717) is 44.0 Å². The van der Waals surface area contributed by atoms with Gasteiger partial charge in [-0.05, 0) is 30.3 Å². The largest absolute Gasteiger partial charge is 0.495 e. The van der Waals surface area contributed by atoms with Gasteiger partial charge in [-0.2, -0.15) is 5.10 Å². The first-order valence-corrected chi connectivity index (χ1v) is 10.7. The number of aromatic nitrogens is 2. The normalized spacial score (nSPS) is 19.4. The molecule has 0 radical (unpaired) electrons. The lowest BCUT2D eigenvalue weighted by Crippen LogP contribution is -2.51. The van der Waals surface area contributed by atoms with Crippen molar-refractivity contribution < 1.29 is 14.3 Å². The Hall–Kier alpha value is -3.03. The highest BCUT2D eigenvalue weighted by molar-refractivity contribution is 6.32. The molecular formula is C23H20Cl2N4O3. The van der Waals surface area contributed by atoms with Gasteiger partial charge >= 0.3 is 0 Å². The van der Waals surface area contributed by atoms with Crippen LogP contribution >= 0.6 is 23.2 Å². The number of aromatic amines is 1. The minimum Gasteiger partial charge on any atom is -0.495 e. The van der Waals surface area contributed by atoms with Crippen LogP contribution in [0.1, 0.15) is 48.1 Å². The van der Waals surface area contributed by atoms with E-state index >= 15 is 0 Å². The average molecular weight is 471 g/mol.